The van der Waals surface area contributed by atoms with Crippen molar-refractivity contribution in [2.45, 2.75) is 20.8 Å². The zero-order chi connectivity index (χ0) is 16.8. The Morgan fingerprint density at radius 2 is 1.50 bits per heavy atom. The van der Waals surface area contributed by atoms with E-state index in [0.717, 1.165) is 16.4 Å². The fraction of sp³-hybridized carbons (Fsp3) is 0.143. The number of benzene rings is 3. The maximum absolute atomic E-state index is 6.25. The van der Waals surface area contributed by atoms with Crippen LogP contribution >= 0.6 is 11.6 Å². The second-order valence-electron chi connectivity index (χ2n) is 6.61. The molecular formula is C21H19BClN. The molecule has 24 heavy (non-hydrogen) atoms. The Morgan fingerprint density at radius 1 is 0.792 bits per heavy atom. The van der Waals surface area contributed by atoms with Gasteiger partial charge < -0.3 is 5.32 Å². The summed E-state index contributed by atoms with van der Waals surface area (Å²) in [6.45, 7) is 6.86. The van der Waals surface area contributed by atoms with Crippen LogP contribution in [-0.2, 0) is 0 Å². The van der Waals surface area contributed by atoms with Crippen molar-refractivity contribution in [1.29, 1.82) is 0 Å². The van der Waals surface area contributed by atoms with E-state index in [2.05, 4.69) is 68.6 Å². The summed E-state index contributed by atoms with van der Waals surface area (Å²) in [6.07, 6.45) is 0. The molecule has 0 aromatic heterocycles. The average Bonchev–Trinajstić information content (AvgIpc) is 2.57. The number of para-hydroxylation sites is 1. The molecule has 4 rings (SSSR count). The van der Waals surface area contributed by atoms with Gasteiger partial charge >= 0.3 is 0 Å². The van der Waals surface area contributed by atoms with Gasteiger partial charge in [0.15, 0.2) is 0 Å². The first kappa shape index (κ1) is 15.3. The SMILES string of the molecule is Cc1ccc(C)c(B2c3ccccc3Nc3cc(Cl)ccc32)c1C. The van der Waals surface area contributed by atoms with Gasteiger partial charge in [0.05, 0.1) is 0 Å². The summed E-state index contributed by atoms with van der Waals surface area (Å²) in [6, 6.07) is 19.2. The lowest BCUT2D eigenvalue weighted by Gasteiger charge is -2.30. The van der Waals surface area contributed by atoms with Crippen LogP contribution in [-0.4, -0.2) is 6.71 Å². The quantitative estimate of drug-likeness (QED) is 0.523. The van der Waals surface area contributed by atoms with Crippen molar-refractivity contribution in [2.24, 2.45) is 0 Å². The fourth-order valence-electron chi connectivity index (χ4n) is 3.79. The molecule has 0 unspecified atom stereocenters. The molecule has 3 heteroatoms. The number of hydrogen-bond donors (Lipinski definition) is 1. The highest BCUT2D eigenvalue weighted by Gasteiger charge is 2.32. The molecule has 0 saturated heterocycles. The van der Waals surface area contributed by atoms with Gasteiger partial charge in [-0.1, -0.05) is 64.6 Å². The number of rotatable bonds is 1. The summed E-state index contributed by atoms with van der Waals surface area (Å²) < 4.78 is 0. The molecule has 0 amide bonds. The third-order valence-corrected chi connectivity index (χ3v) is 5.39. The summed E-state index contributed by atoms with van der Waals surface area (Å²) in [7, 11) is 0. The van der Waals surface area contributed by atoms with E-state index in [4.69, 9.17) is 11.6 Å². The van der Waals surface area contributed by atoms with Gasteiger partial charge in [-0.15, -0.1) is 0 Å². The van der Waals surface area contributed by atoms with Crippen LogP contribution < -0.4 is 21.7 Å². The standard InChI is InChI=1S/C21H19BClN/c1-13-8-9-14(2)21(15(13)3)22-17-6-4-5-7-19(17)24-20-12-16(23)10-11-18(20)22/h4-12,24H,1-3H3. The Labute approximate surface area is 148 Å². The lowest BCUT2D eigenvalue weighted by atomic mass is 9.34. The van der Waals surface area contributed by atoms with Gasteiger partial charge in [0.1, 0.15) is 0 Å². The van der Waals surface area contributed by atoms with E-state index in [-0.39, 0.29) is 6.71 Å². The van der Waals surface area contributed by atoms with E-state index in [1.54, 1.807) is 0 Å². The van der Waals surface area contributed by atoms with Crippen LogP contribution in [0.5, 0.6) is 0 Å². The monoisotopic (exact) mass is 331 g/mol. The smallest absolute Gasteiger partial charge is 0.247 e. The first-order valence-electron chi connectivity index (χ1n) is 8.28. The van der Waals surface area contributed by atoms with Crippen LogP contribution in [0, 0.1) is 20.8 Å². The molecule has 0 radical (unpaired) electrons. The lowest BCUT2D eigenvalue weighted by Crippen LogP contribution is -2.57. The van der Waals surface area contributed by atoms with E-state index >= 15 is 0 Å². The maximum Gasteiger partial charge on any atom is 0.247 e. The molecule has 0 aliphatic carbocycles. The first-order chi connectivity index (χ1) is 11.6. The molecule has 118 valence electrons. The molecule has 1 nitrogen and oxygen atoms in total. The molecule has 1 heterocycles. The molecule has 3 aromatic rings. The molecule has 0 fully saturated rings. The average molecular weight is 332 g/mol. The predicted octanol–water partition coefficient (Wildman–Crippen LogP) is 3.84. The van der Waals surface area contributed by atoms with Crippen molar-refractivity contribution in [3.8, 4) is 0 Å². The Morgan fingerprint density at radius 3 is 2.33 bits per heavy atom. The number of hydrogen-bond acceptors (Lipinski definition) is 1. The highest BCUT2D eigenvalue weighted by molar-refractivity contribution is 6.98. The summed E-state index contributed by atoms with van der Waals surface area (Å²) in [5, 5.41) is 4.31. The third kappa shape index (κ3) is 2.33. The van der Waals surface area contributed by atoms with Crippen LogP contribution in [0.3, 0.4) is 0 Å². The van der Waals surface area contributed by atoms with Gasteiger partial charge in [-0.3, -0.25) is 0 Å². The van der Waals surface area contributed by atoms with Crippen molar-refractivity contribution in [2.75, 3.05) is 5.32 Å². The third-order valence-electron chi connectivity index (χ3n) is 5.16. The van der Waals surface area contributed by atoms with Crippen LogP contribution in [0.2, 0.25) is 5.02 Å². The second kappa shape index (κ2) is 5.72. The Balaban J connectivity index is 2.04. The van der Waals surface area contributed by atoms with Crippen molar-refractivity contribution in [3.63, 3.8) is 0 Å². The molecule has 0 spiro atoms. The van der Waals surface area contributed by atoms with Crippen molar-refractivity contribution in [1.82, 2.24) is 0 Å². The Bertz CT molecular complexity index is 949. The zero-order valence-electron chi connectivity index (χ0n) is 14.2. The van der Waals surface area contributed by atoms with Crippen LogP contribution in [0.25, 0.3) is 0 Å². The number of anilines is 2. The molecule has 0 saturated carbocycles. The highest BCUT2D eigenvalue weighted by atomic mass is 35.5. The molecule has 1 N–H and O–H groups in total. The number of halogens is 1. The van der Waals surface area contributed by atoms with E-state index in [1.807, 2.05) is 12.1 Å². The summed E-state index contributed by atoms with van der Waals surface area (Å²) in [5.74, 6) is 0. The van der Waals surface area contributed by atoms with Crippen LogP contribution in [0.1, 0.15) is 16.7 Å². The van der Waals surface area contributed by atoms with E-state index in [0.29, 0.717) is 0 Å². The normalized spacial score (nSPS) is 12.4. The minimum atomic E-state index is 0.231. The van der Waals surface area contributed by atoms with Crippen LogP contribution in [0.15, 0.2) is 54.6 Å². The largest absolute Gasteiger partial charge is 0.356 e. The van der Waals surface area contributed by atoms with Gasteiger partial charge in [-0.2, -0.15) is 0 Å². The summed E-state index contributed by atoms with van der Waals surface area (Å²) in [4.78, 5) is 0. The van der Waals surface area contributed by atoms with Gasteiger partial charge in [0, 0.05) is 16.4 Å². The van der Waals surface area contributed by atoms with Gasteiger partial charge in [-0.05, 0) is 55.5 Å². The minimum Gasteiger partial charge on any atom is -0.356 e. The van der Waals surface area contributed by atoms with Gasteiger partial charge in [0.2, 0.25) is 6.71 Å². The summed E-state index contributed by atoms with van der Waals surface area (Å²) in [5.41, 5.74) is 10.3. The minimum absolute atomic E-state index is 0.231. The number of fused-ring (bicyclic) bond motifs is 2. The van der Waals surface area contributed by atoms with Crippen molar-refractivity contribution in [3.05, 3.63) is 76.3 Å². The predicted molar refractivity (Wildman–Crippen MR) is 106 cm³/mol. The van der Waals surface area contributed by atoms with Gasteiger partial charge in [-0.25, -0.2) is 0 Å². The second-order valence-corrected chi connectivity index (χ2v) is 7.05. The molecule has 1 aliphatic rings. The van der Waals surface area contributed by atoms with E-state index in [1.165, 1.54) is 33.1 Å². The molecule has 0 atom stereocenters. The molecule has 3 aromatic carbocycles. The molecule has 0 bridgehead atoms. The van der Waals surface area contributed by atoms with Crippen molar-refractivity contribution >= 4 is 46.1 Å². The molecule has 1 aliphatic heterocycles. The Kier molecular flexibility index (Phi) is 3.66. The topological polar surface area (TPSA) is 12.0 Å². The maximum atomic E-state index is 6.25. The van der Waals surface area contributed by atoms with E-state index < -0.39 is 0 Å². The summed E-state index contributed by atoms with van der Waals surface area (Å²) >= 11 is 6.25. The zero-order valence-corrected chi connectivity index (χ0v) is 14.9. The molecular weight excluding hydrogens is 313 g/mol. The highest BCUT2D eigenvalue weighted by Crippen LogP contribution is 2.24. The Hall–Kier alpha value is -2.19. The van der Waals surface area contributed by atoms with Crippen LogP contribution in [0.4, 0.5) is 11.4 Å². The number of nitrogens with one attached hydrogen (secondary N) is 1. The van der Waals surface area contributed by atoms with Gasteiger partial charge in [0.25, 0.3) is 0 Å². The van der Waals surface area contributed by atoms with Crippen molar-refractivity contribution < 1.29 is 0 Å². The first-order valence-corrected chi connectivity index (χ1v) is 8.66. The number of aryl methyl sites for hydroxylation is 2. The van der Waals surface area contributed by atoms with E-state index in [9.17, 15) is 0 Å². The fourth-order valence-corrected chi connectivity index (χ4v) is 3.96. The lowest BCUT2D eigenvalue weighted by molar-refractivity contribution is 1.33.